The summed E-state index contributed by atoms with van der Waals surface area (Å²) in [5.41, 5.74) is 5.69. The summed E-state index contributed by atoms with van der Waals surface area (Å²) in [6.07, 6.45) is 4.73. The van der Waals surface area contributed by atoms with Gasteiger partial charge in [0.15, 0.2) is 0 Å². The zero-order valence-electron chi connectivity index (χ0n) is 14.4. The topological polar surface area (TPSA) is 46.2 Å². The highest BCUT2D eigenvalue weighted by molar-refractivity contribution is 7.88. The van der Waals surface area contributed by atoms with Gasteiger partial charge in [-0.15, -0.1) is 0 Å². The van der Waals surface area contributed by atoms with Crippen molar-refractivity contribution in [3.8, 4) is 0 Å². The Kier molecular flexibility index (Phi) is 5.07. The fourth-order valence-corrected chi connectivity index (χ4v) is 4.87. The molecule has 1 aliphatic rings. The van der Waals surface area contributed by atoms with Crippen LogP contribution in [0.15, 0.2) is 42.5 Å². The minimum atomic E-state index is -3.38. The van der Waals surface area contributed by atoms with Crippen LogP contribution < -0.4 is 4.72 Å². The van der Waals surface area contributed by atoms with E-state index in [1.165, 1.54) is 24.0 Å². The van der Waals surface area contributed by atoms with Gasteiger partial charge in [0, 0.05) is 6.04 Å². The quantitative estimate of drug-likeness (QED) is 0.890. The van der Waals surface area contributed by atoms with Crippen molar-refractivity contribution in [3.63, 3.8) is 0 Å². The van der Waals surface area contributed by atoms with Crippen LogP contribution in [0, 0.1) is 6.92 Å². The summed E-state index contributed by atoms with van der Waals surface area (Å²) < 4.78 is 27.9. The molecule has 2 aromatic carbocycles. The maximum absolute atomic E-state index is 12.5. The van der Waals surface area contributed by atoms with E-state index >= 15 is 0 Å². The van der Waals surface area contributed by atoms with E-state index in [-0.39, 0.29) is 11.8 Å². The van der Waals surface area contributed by atoms with Crippen LogP contribution >= 0.6 is 0 Å². The van der Waals surface area contributed by atoms with Gasteiger partial charge in [-0.05, 0) is 67.3 Å². The van der Waals surface area contributed by atoms with Crippen molar-refractivity contribution >= 4 is 10.0 Å². The Balaban J connectivity index is 1.74. The number of rotatable bonds is 5. The summed E-state index contributed by atoms with van der Waals surface area (Å²) >= 11 is 0. The molecule has 0 aliphatic heterocycles. The van der Waals surface area contributed by atoms with Crippen LogP contribution in [0.2, 0.25) is 0 Å². The summed E-state index contributed by atoms with van der Waals surface area (Å²) in [6, 6.07) is 13.8. The predicted molar refractivity (Wildman–Crippen MR) is 98.4 cm³/mol. The molecule has 3 nitrogen and oxygen atoms in total. The Bertz CT molecular complexity index is 827. The number of hydrogen-bond acceptors (Lipinski definition) is 2. The van der Waals surface area contributed by atoms with Gasteiger partial charge in [-0.3, -0.25) is 0 Å². The molecule has 1 N–H and O–H groups in total. The monoisotopic (exact) mass is 343 g/mol. The zero-order valence-corrected chi connectivity index (χ0v) is 15.2. The third-order valence-electron chi connectivity index (χ3n) is 4.84. The van der Waals surface area contributed by atoms with Crippen molar-refractivity contribution in [2.24, 2.45) is 0 Å². The second-order valence-electron chi connectivity index (χ2n) is 6.76. The maximum atomic E-state index is 12.5. The van der Waals surface area contributed by atoms with E-state index < -0.39 is 10.0 Å². The van der Waals surface area contributed by atoms with Crippen molar-refractivity contribution in [1.82, 2.24) is 4.72 Å². The molecule has 1 aliphatic carbocycles. The highest BCUT2D eigenvalue weighted by Crippen LogP contribution is 2.25. The Morgan fingerprint density at radius 2 is 1.75 bits per heavy atom. The van der Waals surface area contributed by atoms with Gasteiger partial charge in [-0.1, -0.05) is 42.5 Å². The summed E-state index contributed by atoms with van der Waals surface area (Å²) in [7, 11) is -3.38. The normalized spacial score (nSPS) is 15.8. The lowest BCUT2D eigenvalue weighted by Gasteiger charge is -2.20. The zero-order chi connectivity index (χ0) is 17.2. The van der Waals surface area contributed by atoms with Crippen molar-refractivity contribution in [2.75, 3.05) is 0 Å². The van der Waals surface area contributed by atoms with Crippen LogP contribution in [-0.2, 0) is 28.6 Å². The summed E-state index contributed by atoms with van der Waals surface area (Å²) in [4.78, 5) is 0. The van der Waals surface area contributed by atoms with Gasteiger partial charge < -0.3 is 0 Å². The lowest BCUT2D eigenvalue weighted by Crippen LogP contribution is -2.28. The van der Waals surface area contributed by atoms with Crippen molar-refractivity contribution in [1.29, 1.82) is 0 Å². The molecule has 0 radical (unpaired) electrons. The predicted octanol–water partition coefficient (Wildman–Crippen LogP) is 4.05. The number of aryl methyl sites for hydroxylation is 3. The van der Waals surface area contributed by atoms with Gasteiger partial charge >= 0.3 is 0 Å². The molecule has 1 unspecified atom stereocenters. The molecule has 0 saturated heterocycles. The van der Waals surface area contributed by atoms with Crippen LogP contribution in [0.1, 0.15) is 53.6 Å². The largest absolute Gasteiger partial charge is 0.216 e. The molecule has 0 heterocycles. The van der Waals surface area contributed by atoms with E-state index in [1.54, 1.807) is 0 Å². The van der Waals surface area contributed by atoms with E-state index in [4.69, 9.17) is 0 Å². The number of nitrogens with one attached hydrogen (secondary N) is 1. The SMILES string of the molecule is Cc1ccccc1CS(=O)(=O)NC(C)c1ccc2c(c1)CCCC2. The fourth-order valence-electron chi connectivity index (χ4n) is 3.38. The van der Waals surface area contributed by atoms with Gasteiger partial charge in [0.25, 0.3) is 0 Å². The molecule has 24 heavy (non-hydrogen) atoms. The molecule has 0 aromatic heterocycles. The molecule has 4 heteroatoms. The minimum absolute atomic E-state index is 0.0228. The molecule has 2 aromatic rings. The van der Waals surface area contributed by atoms with Crippen LogP contribution in [0.5, 0.6) is 0 Å². The van der Waals surface area contributed by atoms with E-state index in [1.807, 2.05) is 38.1 Å². The molecule has 0 bridgehead atoms. The van der Waals surface area contributed by atoms with Crippen LogP contribution in [-0.4, -0.2) is 8.42 Å². The van der Waals surface area contributed by atoms with Crippen LogP contribution in [0.4, 0.5) is 0 Å². The second kappa shape index (κ2) is 7.08. The number of hydrogen-bond donors (Lipinski definition) is 1. The van der Waals surface area contributed by atoms with Gasteiger partial charge in [-0.2, -0.15) is 0 Å². The average molecular weight is 343 g/mol. The van der Waals surface area contributed by atoms with E-state index in [0.717, 1.165) is 29.5 Å². The molecule has 0 amide bonds. The smallest absolute Gasteiger partial charge is 0.212 e. The average Bonchev–Trinajstić information content (AvgIpc) is 2.56. The summed E-state index contributed by atoms with van der Waals surface area (Å²) in [5.74, 6) is 0.0228. The third-order valence-corrected chi connectivity index (χ3v) is 6.24. The Morgan fingerprint density at radius 3 is 2.50 bits per heavy atom. The first-order valence-corrected chi connectivity index (χ1v) is 10.3. The molecule has 1 atom stereocenters. The van der Waals surface area contributed by atoms with Crippen molar-refractivity contribution in [3.05, 3.63) is 70.3 Å². The van der Waals surface area contributed by atoms with Gasteiger partial charge in [-0.25, -0.2) is 13.1 Å². The standard InChI is InChI=1S/C20H25NO2S/c1-15-7-3-4-10-20(15)14-24(22,23)21-16(2)18-12-11-17-8-5-6-9-19(17)13-18/h3-4,7,10-13,16,21H,5-6,8-9,14H2,1-2H3. The molecular weight excluding hydrogens is 318 g/mol. The molecule has 0 saturated carbocycles. The highest BCUT2D eigenvalue weighted by Gasteiger charge is 2.19. The Hall–Kier alpha value is -1.65. The van der Waals surface area contributed by atoms with Crippen LogP contribution in [0.3, 0.4) is 0 Å². The molecule has 0 fully saturated rings. The number of benzene rings is 2. The molecular formula is C20H25NO2S. The third kappa shape index (κ3) is 4.05. The molecule has 3 rings (SSSR count). The second-order valence-corrected chi connectivity index (χ2v) is 8.51. The van der Waals surface area contributed by atoms with E-state index in [0.29, 0.717) is 0 Å². The number of fused-ring (bicyclic) bond motifs is 1. The highest BCUT2D eigenvalue weighted by atomic mass is 32.2. The first-order valence-electron chi connectivity index (χ1n) is 8.61. The minimum Gasteiger partial charge on any atom is -0.212 e. The first-order chi connectivity index (χ1) is 11.4. The lowest BCUT2D eigenvalue weighted by molar-refractivity contribution is 0.565. The van der Waals surface area contributed by atoms with E-state index in [9.17, 15) is 8.42 Å². The van der Waals surface area contributed by atoms with Gasteiger partial charge in [0.05, 0.1) is 5.75 Å². The van der Waals surface area contributed by atoms with Crippen molar-refractivity contribution in [2.45, 2.75) is 51.3 Å². The Labute approximate surface area is 145 Å². The van der Waals surface area contributed by atoms with Crippen molar-refractivity contribution < 1.29 is 8.42 Å². The summed E-state index contributed by atoms with van der Waals surface area (Å²) in [6.45, 7) is 3.86. The lowest BCUT2D eigenvalue weighted by atomic mass is 9.89. The maximum Gasteiger partial charge on any atom is 0.216 e. The van der Waals surface area contributed by atoms with Crippen LogP contribution in [0.25, 0.3) is 0 Å². The molecule has 0 spiro atoms. The number of sulfonamides is 1. The van der Waals surface area contributed by atoms with Gasteiger partial charge in [0.2, 0.25) is 10.0 Å². The summed E-state index contributed by atoms with van der Waals surface area (Å²) in [5, 5.41) is 0. The molecule has 128 valence electrons. The fraction of sp³-hybridized carbons (Fsp3) is 0.400. The first kappa shape index (κ1) is 17.2. The van der Waals surface area contributed by atoms with E-state index in [2.05, 4.69) is 22.9 Å². The Morgan fingerprint density at radius 1 is 1.04 bits per heavy atom. The van der Waals surface area contributed by atoms with Gasteiger partial charge in [0.1, 0.15) is 0 Å².